The van der Waals surface area contributed by atoms with Crippen molar-refractivity contribution in [1.82, 2.24) is 0 Å². The van der Waals surface area contributed by atoms with Crippen molar-refractivity contribution in [2.75, 3.05) is 5.88 Å². The molecule has 0 aromatic heterocycles. The Morgan fingerprint density at radius 3 is 2.50 bits per heavy atom. The lowest BCUT2D eigenvalue weighted by Gasteiger charge is -2.06. The summed E-state index contributed by atoms with van der Waals surface area (Å²) >= 11 is 10.9. The highest BCUT2D eigenvalue weighted by Crippen LogP contribution is 2.13. The van der Waals surface area contributed by atoms with Gasteiger partial charge in [-0.1, -0.05) is 0 Å². The van der Waals surface area contributed by atoms with Gasteiger partial charge in [-0.25, -0.2) is 9.18 Å². The van der Waals surface area contributed by atoms with E-state index < -0.39 is 17.2 Å². The Kier molecular flexibility index (Phi) is 4.17. The van der Waals surface area contributed by atoms with Crippen molar-refractivity contribution >= 4 is 29.2 Å². The van der Waals surface area contributed by atoms with Crippen LogP contribution in [0.3, 0.4) is 0 Å². The van der Waals surface area contributed by atoms with Gasteiger partial charge in [-0.15, -0.1) is 23.2 Å². The minimum atomic E-state index is -0.887. The van der Waals surface area contributed by atoms with Crippen LogP contribution >= 0.6 is 23.2 Å². The maximum absolute atomic E-state index is 12.5. The molecular formula is C9H7Cl2FO2. The average molecular weight is 237 g/mol. The van der Waals surface area contributed by atoms with E-state index in [0.29, 0.717) is 0 Å². The average Bonchev–Trinajstić information content (AvgIpc) is 2.20. The molecule has 0 spiro atoms. The minimum Gasteiger partial charge on any atom is -0.425 e. The van der Waals surface area contributed by atoms with Crippen LogP contribution in [0.15, 0.2) is 24.3 Å². The van der Waals surface area contributed by atoms with Crippen LogP contribution in [-0.4, -0.2) is 17.2 Å². The molecular weight excluding hydrogens is 230 g/mol. The quantitative estimate of drug-likeness (QED) is 0.458. The summed E-state index contributed by atoms with van der Waals surface area (Å²) in [5, 5.41) is -0.887. The van der Waals surface area contributed by atoms with E-state index in [2.05, 4.69) is 0 Å². The van der Waals surface area contributed by atoms with Crippen molar-refractivity contribution in [1.29, 1.82) is 0 Å². The maximum atomic E-state index is 12.5. The third-order valence-corrected chi connectivity index (χ3v) is 2.22. The molecule has 0 N–H and O–H groups in total. The van der Waals surface area contributed by atoms with Gasteiger partial charge in [-0.3, -0.25) is 0 Å². The van der Waals surface area contributed by atoms with Crippen LogP contribution < -0.4 is 4.74 Å². The van der Waals surface area contributed by atoms with Crippen molar-refractivity contribution < 1.29 is 13.9 Å². The Morgan fingerprint density at radius 2 is 2.00 bits per heavy atom. The van der Waals surface area contributed by atoms with Gasteiger partial charge in [0, 0.05) is 5.88 Å². The van der Waals surface area contributed by atoms with Gasteiger partial charge in [0.1, 0.15) is 16.9 Å². The molecule has 0 heterocycles. The van der Waals surface area contributed by atoms with E-state index in [4.69, 9.17) is 27.9 Å². The first kappa shape index (κ1) is 11.3. The molecule has 0 fully saturated rings. The fraction of sp³-hybridized carbons (Fsp3) is 0.222. The number of rotatable bonds is 3. The summed E-state index contributed by atoms with van der Waals surface area (Å²) in [5.74, 6) is -0.827. The lowest BCUT2D eigenvalue weighted by molar-refractivity contribution is -0.133. The Morgan fingerprint density at radius 1 is 1.43 bits per heavy atom. The van der Waals surface area contributed by atoms with Crippen molar-refractivity contribution in [3.63, 3.8) is 0 Å². The molecule has 0 radical (unpaired) electrons. The summed E-state index contributed by atoms with van der Waals surface area (Å²) < 4.78 is 17.3. The molecule has 1 atom stereocenters. The molecule has 0 saturated carbocycles. The van der Waals surface area contributed by atoms with E-state index in [1.807, 2.05) is 0 Å². The van der Waals surface area contributed by atoms with Gasteiger partial charge in [-0.2, -0.15) is 0 Å². The van der Waals surface area contributed by atoms with Gasteiger partial charge < -0.3 is 4.74 Å². The number of hydrogen-bond acceptors (Lipinski definition) is 2. The molecule has 0 aliphatic heterocycles. The van der Waals surface area contributed by atoms with Gasteiger partial charge in [0.2, 0.25) is 0 Å². The first-order chi connectivity index (χ1) is 6.63. The van der Waals surface area contributed by atoms with E-state index in [1.54, 1.807) is 0 Å². The predicted octanol–water partition coefficient (Wildman–Crippen LogP) is 2.58. The molecule has 1 unspecified atom stereocenters. The first-order valence-corrected chi connectivity index (χ1v) is 4.78. The highest BCUT2D eigenvalue weighted by Gasteiger charge is 2.16. The van der Waals surface area contributed by atoms with Crippen molar-refractivity contribution in [2.45, 2.75) is 5.38 Å². The van der Waals surface area contributed by atoms with E-state index in [0.717, 1.165) is 0 Å². The second-order valence-corrected chi connectivity index (χ2v) is 3.33. The van der Waals surface area contributed by atoms with Crippen LogP contribution in [0, 0.1) is 5.82 Å². The molecule has 2 nitrogen and oxygen atoms in total. The molecule has 1 aromatic carbocycles. The third kappa shape index (κ3) is 3.16. The normalized spacial score (nSPS) is 12.2. The SMILES string of the molecule is O=C(Oc1ccc(F)cc1)C(Cl)CCl. The second-order valence-electron chi connectivity index (χ2n) is 2.50. The summed E-state index contributed by atoms with van der Waals surface area (Å²) in [6, 6.07) is 5.05. The zero-order chi connectivity index (χ0) is 10.6. The van der Waals surface area contributed by atoms with Crippen LogP contribution in [-0.2, 0) is 4.79 Å². The monoisotopic (exact) mass is 236 g/mol. The van der Waals surface area contributed by atoms with Crippen LogP contribution in [0.4, 0.5) is 4.39 Å². The number of benzene rings is 1. The zero-order valence-corrected chi connectivity index (χ0v) is 8.56. The first-order valence-electron chi connectivity index (χ1n) is 3.81. The Balaban J connectivity index is 2.60. The second kappa shape index (κ2) is 5.17. The van der Waals surface area contributed by atoms with Gasteiger partial charge in [-0.05, 0) is 24.3 Å². The topological polar surface area (TPSA) is 26.3 Å². The van der Waals surface area contributed by atoms with Gasteiger partial charge in [0.05, 0.1) is 0 Å². The lowest BCUT2D eigenvalue weighted by atomic mass is 10.3. The van der Waals surface area contributed by atoms with Crippen LogP contribution in [0.5, 0.6) is 5.75 Å². The maximum Gasteiger partial charge on any atom is 0.330 e. The molecule has 1 aromatic rings. The van der Waals surface area contributed by atoms with Crippen LogP contribution in [0.25, 0.3) is 0 Å². The van der Waals surface area contributed by atoms with Gasteiger partial charge in [0.15, 0.2) is 0 Å². The largest absolute Gasteiger partial charge is 0.425 e. The minimum absolute atomic E-state index is 0.0262. The number of ether oxygens (including phenoxy) is 1. The fourth-order valence-corrected chi connectivity index (χ4v) is 0.916. The smallest absolute Gasteiger partial charge is 0.330 e. The molecule has 0 bridgehead atoms. The van der Waals surface area contributed by atoms with E-state index in [1.165, 1.54) is 24.3 Å². The standard InChI is InChI=1S/C9H7Cl2FO2/c10-5-8(11)9(13)14-7-3-1-6(12)2-4-7/h1-4,8H,5H2. The zero-order valence-electron chi connectivity index (χ0n) is 7.04. The molecule has 0 amide bonds. The van der Waals surface area contributed by atoms with Crippen LogP contribution in [0.1, 0.15) is 0 Å². The Hall–Kier alpha value is -0.800. The fourth-order valence-electron chi connectivity index (χ4n) is 0.746. The number of hydrogen-bond donors (Lipinski definition) is 0. The van der Waals surface area contributed by atoms with Crippen molar-refractivity contribution in [3.8, 4) is 5.75 Å². The molecule has 0 aliphatic rings. The molecule has 76 valence electrons. The van der Waals surface area contributed by atoms with E-state index in [9.17, 15) is 9.18 Å². The highest BCUT2D eigenvalue weighted by atomic mass is 35.5. The van der Waals surface area contributed by atoms with Crippen LogP contribution in [0.2, 0.25) is 0 Å². The summed E-state index contributed by atoms with van der Waals surface area (Å²) in [7, 11) is 0. The molecule has 0 saturated heterocycles. The third-order valence-electron chi connectivity index (χ3n) is 1.42. The highest BCUT2D eigenvalue weighted by molar-refractivity contribution is 6.35. The summed E-state index contributed by atoms with van der Waals surface area (Å²) in [6.07, 6.45) is 0. The summed E-state index contributed by atoms with van der Waals surface area (Å²) in [5.41, 5.74) is 0. The molecule has 14 heavy (non-hydrogen) atoms. The number of esters is 1. The summed E-state index contributed by atoms with van der Waals surface area (Å²) in [4.78, 5) is 11.1. The molecule has 0 aliphatic carbocycles. The molecule has 1 rings (SSSR count). The van der Waals surface area contributed by atoms with Crippen molar-refractivity contribution in [3.05, 3.63) is 30.1 Å². The number of carbonyl (C=O) groups excluding carboxylic acids is 1. The van der Waals surface area contributed by atoms with E-state index >= 15 is 0 Å². The van der Waals surface area contributed by atoms with Gasteiger partial charge in [0.25, 0.3) is 0 Å². The molecule has 5 heteroatoms. The predicted molar refractivity (Wildman–Crippen MR) is 52.4 cm³/mol. The van der Waals surface area contributed by atoms with Gasteiger partial charge >= 0.3 is 5.97 Å². The van der Waals surface area contributed by atoms with E-state index in [-0.39, 0.29) is 11.6 Å². The van der Waals surface area contributed by atoms with Crippen molar-refractivity contribution in [2.24, 2.45) is 0 Å². The number of alkyl halides is 2. The Bertz CT molecular complexity index is 313. The summed E-state index contributed by atoms with van der Waals surface area (Å²) in [6.45, 7) is 0. The number of carbonyl (C=O) groups is 1. The number of halogens is 3. The lowest BCUT2D eigenvalue weighted by Crippen LogP contribution is -2.22. The Labute approximate surface area is 90.6 Å².